The molecule has 1 aromatic heterocycles. The standard InChI is InChI=1S/C19H22ClN3O/c20-15-7-9-17(10-8-15)23-19(24)14-11-18(13-21-12-14)22-16-5-3-1-2-4-6-16/h7-13,16,22H,1-6H2,(H,23,24). The lowest BCUT2D eigenvalue weighted by Gasteiger charge is -2.17. The summed E-state index contributed by atoms with van der Waals surface area (Å²) in [5.41, 5.74) is 2.17. The van der Waals surface area contributed by atoms with Crippen molar-refractivity contribution < 1.29 is 4.79 Å². The van der Waals surface area contributed by atoms with E-state index in [2.05, 4.69) is 15.6 Å². The first kappa shape index (κ1) is 16.8. The van der Waals surface area contributed by atoms with Gasteiger partial charge < -0.3 is 10.6 Å². The molecule has 0 saturated heterocycles. The van der Waals surface area contributed by atoms with Gasteiger partial charge in [0, 0.05) is 29.1 Å². The number of amides is 1. The number of benzene rings is 1. The van der Waals surface area contributed by atoms with Crippen LogP contribution in [0.1, 0.15) is 48.9 Å². The quantitative estimate of drug-likeness (QED) is 0.757. The third kappa shape index (κ3) is 4.71. The predicted octanol–water partition coefficient (Wildman–Crippen LogP) is 5.12. The van der Waals surface area contributed by atoms with E-state index in [0.29, 0.717) is 22.3 Å². The molecule has 1 saturated carbocycles. The number of pyridine rings is 1. The molecule has 0 bridgehead atoms. The molecule has 4 nitrogen and oxygen atoms in total. The third-order valence-electron chi connectivity index (χ3n) is 4.33. The highest BCUT2D eigenvalue weighted by atomic mass is 35.5. The average Bonchev–Trinajstić information content (AvgIpc) is 2.86. The van der Waals surface area contributed by atoms with Gasteiger partial charge in [-0.1, -0.05) is 37.3 Å². The van der Waals surface area contributed by atoms with Gasteiger partial charge in [-0.2, -0.15) is 0 Å². The summed E-state index contributed by atoms with van der Waals surface area (Å²) in [5, 5.41) is 7.03. The molecule has 5 heteroatoms. The first-order valence-corrected chi connectivity index (χ1v) is 8.87. The Hall–Kier alpha value is -2.07. The van der Waals surface area contributed by atoms with Crippen molar-refractivity contribution in [2.24, 2.45) is 0 Å². The normalized spacial score (nSPS) is 15.5. The lowest BCUT2D eigenvalue weighted by molar-refractivity contribution is 0.102. The highest BCUT2D eigenvalue weighted by Gasteiger charge is 2.13. The molecule has 1 aliphatic carbocycles. The van der Waals surface area contributed by atoms with Crippen LogP contribution in [0, 0.1) is 0 Å². The summed E-state index contributed by atoms with van der Waals surface area (Å²) in [6, 6.07) is 9.40. The Morgan fingerprint density at radius 2 is 1.71 bits per heavy atom. The van der Waals surface area contributed by atoms with Gasteiger partial charge >= 0.3 is 0 Å². The van der Waals surface area contributed by atoms with Gasteiger partial charge in [0.05, 0.1) is 11.3 Å². The van der Waals surface area contributed by atoms with Crippen LogP contribution in [0.25, 0.3) is 0 Å². The molecule has 1 fully saturated rings. The van der Waals surface area contributed by atoms with Crippen LogP contribution < -0.4 is 10.6 Å². The minimum atomic E-state index is -0.172. The molecule has 0 aliphatic heterocycles. The summed E-state index contributed by atoms with van der Waals surface area (Å²) in [7, 11) is 0. The minimum Gasteiger partial charge on any atom is -0.381 e. The molecular formula is C19H22ClN3O. The Balaban J connectivity index is 1.65. The molecule has 1 heterocycles. The number of nitrogens with zero attached hydrogens (tertiary/aromatic N) is 1. The largest absolute Gasteiger partial charge is 0.381 e. The van der Waals surface area contributed by atoms with Gasteiger partial charge in [-0.3, -0.25) is 9.78 Å². The molecule has 0 unspecified atom stereocenters. The molecule has 126 valence electrons. The number of nitrogens with one attached hydrogen (secondary N) is 2. The molecule has 0 spiro atoms. The molecule has 1 amide bonds. The number of hydrogen-bond donors (Lipinski definition) is 2. The van der Waals surface area contributed by atoms with Crippen molar-refractivity contribution in [3.05, 3.63) is 53.3 Å². The number of aromatic nitrogens is 1. The highest BCUT2D eigenvalue weighted by molar-refractivity contribution is 6.30. The Kier molecular flexibility index (Phi) is 5.70. The van der Waals surface area contributed by atoms with E-state index in [1.165, 1.54) is 38.5 Å². The number of carbonyl (C=O) groups excluding carboxylic acids is 1. The molecule has 0 radical (unpaired) electrons. The fourth-order valence-electron chi connectivity index (χ4n) is 3.04. The highest BCUT2D eigenvalue weighted by Crippen LogP contribution is 2.21. The van der Waals surface area contributed by atoms with Gasteiger partial charge in [0.15, 0.2) is 0 Å². The van der Waals surface area contributed by atoms with Crippen LogP contribution in [0.2, 0.25) is 5.02 Å². The molecule has 2 N–H and O–H groups in total. The minimum absolute atomic E-state index is 0.172. The maximum Gasteiger partial charge on any atom is 0.257 e. The summed E-state index contributed by atoms with van der Waals surface area (Å²) in [6.45, 7) is 0. The summed E-state index contributed by atoms with van der Waals surface area (Å²) < 4.78 is 0. The van der Waals surface area contributed by atoms with Gasteiger partial charge in [-0.25, -0.2) is 0 Å². The lowest BCUT2D eigenvalue weighted by atomic mass is 10.1. The first-order chi connectivity index (χ1) is 11.7. The van der Waals surface area contributed by atoms with E-state index in [9.17, 15) is 4.79 Å². The molecule has 3 rings (SSSR count). The summed E-state index contributed by atoms with van der Waals surface area (Å²) in [6.07, 6.45) is 10.9. The van der Waals surface area contributed by atoms with Crippen molar-refractivity contribution in [1.82, 2.24) is 4.98 Å². The van der Waals surface area contributed by atoms with Crippen LogP contribution in [0.3, 0.4) is 0 Å². The summed E-state index contributed by atoms with van der Waals surface area (Å²) in [4.78, 5) is 16.6. The van der Waals surface area contributed by atoms with E-state index in [-0.39, 0.29) is 5.91 Å². The molecule has 2 aromatic rings. The maximum atomic E-state index is 12.4. The van der Waals surface area contributed by atoms with Gasteiger partial charge in [0.25, 0.3) is 5.91 Å². The monoisotopic (exact) mass is 343 g/mol. The van der Waals surface area contributed by atoms with Crippen molar-refractivity contribution >= 4 is 28.9 Å². The smallest absolute Gasteiger partial charge is 0.257 e. The maximum absolute atomic E-state index is 12.4. The number of carbonyl (C=O) groups is 1. The first-order valence-electron chi connectivity index (χ1n) is 8.49. The zero-order valence-electron chi connectivity index (χ0n) is 13.6. The Morgan fingerprint density at radius 1 is 1.00 bits per heavy atom. The number of anilines is 2. The fraction of sp³-hybridized carbons (Fsp3) is 0.368. The zero-order valence-corrected chi connectivity index (χ0v) is 14.4. The van der Waals surface area contributed by atoms with Gasteiger partial charge in [0.2, 0.25) is 0 Å². The molecule has 1 aromatic carbocycles. The van der Waals surface area contributed by atoms with E-state index in [4.69, 9.17) is 11.6 Å². The molecule has 0 atom stereocenters. The summed E-state index contributed by atoms with van der Waals surface area (Å²) >= 11 is 5.86. The van der Waals surface area contributed by atoms with E-state index in [1.54, 1.807) is 36.7 Å². The molecule has 1 aliphatic rings. The van der Waals surface area contributed by atoms with Crippen LogP contribution in [0.4, 0.5) is 11.4 Å². The van der Waals surface area contributed by atoms with Gasteiger partial charge in [-0.15, -0.1) is 0 Å². The zero-order chi connectivity index (χ0) is 16.8. The second kappa shape index (κ2) is 8.15. The Labute approximate surface area is 147 Å². The topological polar surface area (TPSA) is 54.0 Å². The average molecular weight is 344 g/mol. The number of rotatable bonds is 4. The third-order valence-corrected chi connectivity index (χ3v) is 4.58. The predicted molar refractivity (Wildman–Crippen MR) is 98.8 cm³/mol. The van der Waals surface area contributed by atoms with Crippen molar-refractivity contribution in [2.75, 3.05) is 10.6 Å². The molecule has 24 heavy (non-hydrogen) atoms. The Morgan fingerprint density at radius 3 is 2.42 bits per heavy atom. The van der Waals surface area contributed by atoms with E-state index in [1.807, 2.05) is 6.07 Å². The second-order valence-corrected chi connectivity index (χ2v) is 6.69. The van der Waals surface area contributed by atoms with Crippen molar-refractivity contribution in [3.8, 4) is 0 Å². The van der Waals surface area contributed by atoms with Crippen LogP contribution in [-0.2, 0) is 0 Å². The van der Waals surface area contributed by atoms with Crippen molar-refractivity contribution in [2.45, 2.75) is 44.6 Å². The van der Waals surface area contributed by atoms with E-state index >= 15 is 0 Å². The fourth-order valence-corrected chi connectivity index (χ4v) is 3.16. The van der Waals surface area contributed by atoms with Gasteiger partial charge in [-0.05, 0) is 43.2 Å². The van der Waals surface area contributed by atoms with Gasteiger partial charge in [0.1, 0.15) is 0 Å². The van der Waals surface area contributed by atoms with Crippen LogP contribution in [-0.4, -0.2) is 16.9 Å². The van der Waals surface area contributed by atoms with E-state index < -0.39 is 0 Å². The van der Waals surface area contributed by atoms with Crippen molar-refractivity contribution in [3.63, 3.8) is 0 Å². The number of halogens is 1. The number of hydrogen-bond acceptors (Lipinski definition) is 3. The molecular weight excluding hydrogens is 322 g/mol. The van der Waals surface area contributed by atoms with Crippen LogP contribution in [0.5, 0.6) is 0 Å². The van der Waals surface area contributed by atoms with Crippen LogP contribution in [0.15, 0.2) is 42.7 Å². The van der Waals surface area contributed by atoms with Crippen molar-refractivity contribution in [1.29, 1.82) is 0 Å². The Bertz CT molecular complexity index is 679. The summed E-state index contributed by atoms with van der Waals surface area (Å²) in [5.74, 6) is -0.172. The second-order valence-electron chi connectivity index (χ2n) is 6.26. The van der Waals surface area contributed by atoms with E-state index in [0.717, 1.165) is 5.69 Å². The SMILES string of the molecule is O=C(Nc1ccc(Cl)cc1)c1cncc(NC2CCCCCC2)c1. The van der Waals surface area contributed by atoms with Crippen LogP contribution >= 0.6 is 11.6 Å². The lowest BCUT2D eigenvalue weighted by Crippen LogP contribution is -2.19.